The summed E-state index contributed by atoms with van der Waals surface area (Å²) in [4.78, 5) is 13.0. The highest BCUT2D eigenvalue weighted by Crippen LogP contribution is 2.24. The topological polar surface area (TPSA) is 61.4 Å². The summed E-state index contributed by atoms with van der Waals surface area (Å²) in [5.74, 6) is -0.366. The molecule has 3 aromatic carbocycles. The highest BCUT2D eigenvalue weighted by Gasteiger charge is 2.22. The number of carbonyl (C=O) groups excluding carboxylic acids is 1. The van der Waals surface area contributed by atoms with Gasteiger partial charge in [-0.05, 0) is 47.9 Å². The van der Waals surface area contributed by atoms with Crippen LogP contribution in [0, 0.1) is 0 Å². The minimum Gasteiger partial charge on any atom is -0.508 e. The zero-order valence-electron chi connectivity index (χ0n) is 15.1. The molecular weight excluding hydrogens is 336 g/mol. The number of phenolic OH excluding ortho intramolecular Hbond substituents is 1. The molecule has 0 heterocycles. The van der Waals surface area contributed by atoms with Gasteiger partial charge in [0.1, 0.15) is 5.75 Å². The van der Waals surface area contributed by atoms with E-state index in [1.165, 1.54) is 0 Å². The van der Waals surface area contributed by atoms with Gasteiger partial charge in [-0.2, -0.15) is 0 Å². The van der Waals surface area contributed by atoms with E-state index < -0.39 is 5.92 Å². The van der Waals surface area contributed by atoms with Crippen molar-refractivity contribution in [2.75, 3.05) is 0 Å². The SMILES string of the molecule is C/C=C(/NNC(=O)C(c1ccccc1)c1ccccc1)c1ccc(O)cc1. The average Bonchev–Trinajstić information content (AvgIpc) is 2.71. The van der Waals surface area contributed by atoms with Crippen LogP contribution in [0.4, 0.5) is 0 Å². The molecular formula is C23H22N2O2. The Morgan fingerprint density at radius 2 is 1.33 bits per heavy atom. The van der Waals surface area contributed by atoms with Gasteiger partial charge in [-0.1, -0.05) is 66.7 Å². The molecule has 0 bridgehead atoms. The lowest BCUT2D eigenvalue weighted by Gasteiger charge is -2.19. The van der Waals surface area contributed by atoms with Crippen molar-refractivity contribution in [1.29, 1.82) is 0 Å². The van der Waals surface area contributed by atoms with E-state index in [1.807, 2.05) is 73.7 Å². The first kappa shape index (κ1) is 18.3. The van der Waals surface area contributed by atoms with Gasteiger partial charge in [-0.15, -0.1) is 0 Å². The number of rotatable bonds is 6. The number of phenols is 1. The summed E-state index contributed by atoms with van der Waals surface area (Å²) in [5.41, 5.74) is 9.30. The van der Waals surface area contributed by atoms with Gasteiger partial charge in [0.05, 0.1) is 11.6 Å². The molecule has 0 aliphatic rings. The van der Waals surface area contributed by atoms with Crippen LogP contribution in [0.5, 0.6) is 5.75 Å². The van der Waals surface area contributed by atoms with Crippen LogP contribution in [0.1, 0.15) is 29.5 Å². The number of aromatic hydroxyl groups is 1. The molecule has 0 aliphatic heterocycles. The summed E-state index contributed by atoms with van der Waals surface area (Å²) in [7, 11) is 0. The van der Waals surface area contributed by atoms with E-state index in [0.717, 1.165) is 22.4 Å². The van der Waals surface area contributed by atoms with Gasteiger partial charge in [-0.25, -0.2) is 0 Å². The fourth-order valence-electron chi connectivity index (χ4n) is 2.94. The Kier molecular flexibility index (Phi) is 5.90. The van der Waals surface area contributed by atoms with Crippen LogP contribution in [-0.2, 0) is 4.79 Å². The van der Waals surface area contributed by atoms with Crippen LogP contribution in [-0.4, -0.2) is 11.0 Å². The smallest absolute Gasteiger partial charge is 0.250 e. The van der Waals surface area contributed by atoms with E-state index >= 15 is 0 Å². The molecule has 0 atom stereocenters. The molecule has 136 valence electrons. The molecule has 0 spiro atoms. The van der Waals surface area contributed by atoms with Gasteiger partial charge in [0.15, 0.2) is 0 Å². The maximum absolute atomic E-state index is 13.0. The van der Waals surface area contributed by atoms with Crippen molar-refractivity contribution in [3.05, 3.63) is 108 Å². The number of hydrazine groups is 1. The lowest BCUT2D eigenvalue weighted by molar-refractivity contribution is -0.122. The van der Waals surface area contributed by atoms with Crippen LogP contribution in [0.3, 0.4) is 0 Å². The predicted octanol–water partition coefficient (Wildman–Crippen LogP) is 4.21. The van der Waals surface area contributed by atoms with Gasteiger partial charge in [0, 0.05) is 0 Å². The van der Waals surface area contributed by atoms with Crippen LogP contribution in [0.25, 0.3) is 5.70 Å². The Labute approximate surface area is 159 Å². The van der Waals surface area contributed by atoms with Crippen LogP contribution in [0.15, 0.2) is 91.0 Å². The maximum Gasteiger partial charge on any atom is 0.250 e. The summed E-state index contributed by atoms with van der Waals surface area (Å²) in [5, 5.41) is 9.44. The van der Waals surface area contributed by atoms with Gasteiger partial charge in [-0.3, -0.25) is 15.6 Å². The standard InChI is InChI=1S/C23H22N2O2/c1-2-21(17-13-15-20(26)16-14-17)24-25-23(27)22(18-9-5-3-6-10-18)19-11-7-4-8-12-19/h2-16,22,24,26H,1H3,(H,25,27)/b21-2+. The number of carbonyl (C=O) groups is 1. The minimum absolute atomic E-state index is 0.148. The normalized spacial score (nSPS) is 11.3. The molecule has 3 N–H and O–H groups in total. The maximum atomic E-state index is 13.0. The van der Waals surface area contributed by atoms with Crippen molar-refractivity contribution in [3.63, 3.8) is 0 Å². The Hall–Kier alpha value is -3.53. The van der Waals surface area contributed by atoms with E-state index in [2.05, 4.69) is 10.9 Å². The van der Waals surface area contributed by atoms with Crippen molar-refractivity contribution in [3.8, 4) is 5.75 Å². The van der Waals surface area contributed by atoms with Crippen LogP contribution in [0.2, 0.25) is 0 Å². The Morgan fingerprint density at radius 1 is 0.815 bits per heavy atom. The molecule has 4 nitrogen and oxygen atoms in total. The van der Waals surface area contributed by atoms with E-state index in [0.29, 0.717) is 0 Å². The van der Waals surface area contributed by atoms with E-state index in [-0.39, 0.29) is 11.7 Å². The van der Waals surface area contributed by atoms with Crippen LogP contribution >= 0.6 is 0 Å². The van der Waals surface area contributed by atoms with E-state index in [4.69, 9.17) is 0 Å². The summed E-state index contributed by atoms with van der Waals surface area (Å²) < 4.78 is 0. The molecule has 3 aromatic rings. The molecule has 4 heteroatoms. The van der Waals surface area contributed by atoms with Crippen molar-refractivity contribution in [2.45, 2.75) is 12.8 Å². The second kappa shape index (κ2) is 8.72. The molecule has 3 rings (SSSR count). The van der Waals surface area contributed by atoms with Crippen LogP contribution < -0.4 is 10.9 Å². The second-order valence-electron chi connectivity index (χ2n) is 6.12. The second-order valence-corrected chi connectivity index (χ2v) is 6.12. The molecule has 27 heavy (non-hydrogen) atoms. The van der Waals surface area contributed by atoms with Crippen molar-refractivity contribution >= 4 is 11.6 Å². The summed E-state index contributed by atoms with van der Waals surface area (Å²) in [6, 6.07) is 26.2. The fourth-order valence-corrected chi connectivity index (χ4v) is 2.94. The lowest BCUT2D eigenvalue weighted by Crippen LogP contribution is -2.39. The number of benzene rings is 3. The molecule has 0 fully saturated rings. The molecule has 0 unspecified atom stereocenters. The Bertz CT molecular complexity index is 865. The fraction of sp³-hybridized carbons (Fsp3) is 0.0870. The first-order valence-electron chi connectivity index (χ1n) is 8.80. The predicted molar refractivity (Wildman–Crippen MR) is 108 cm³/mol. The summed E-state index contributed by atoms with van der Waals surface area (Å²) in [6.45, 7) is 1.88. The zero-order valence-corrected chi connectivity index (χ0v) is 15.1. The first-order chi connectivity index (χ1) is 13.2. The molecule has 1 amide bonds. The number of hydrogen-bond donors (Lipinski definition) is 3. The third-order valence-corrected chi connectivity index (χ3v) is 4.32. The quantitative estimate of drug-likeness (QED) is 0.579. The summed E-state index contributed by atoms with van der Waals surface area (Å²) in [6.07, 6.45) is 1.87. The zero-order chi connectivity index (χ0) is 19.1. The molecule has 0 saturated heterocycles. The Balaban J connectivity index is 1.79. The van der Waals surface area contributed by atoms with Crippen molar-refractivity contribution in [2.24, 2.45) is 0 Å². The molecule has 0 aliphatic carbocycles. The molecule has 0 radical (unpaired) electrons. The highest BCUT2D eigenvalue weighted by atomic mass is 16.3. The summed E-state index contributed by atoms with van der Waals surface area (Å²) >= 11 is 0. The van der Waals surface area contributed by atoms with E-state index in [9.17, 15) is 9.90 Å². The number of hydrogen-bond acceptors (Lipinski definition) is 3. The van der Waals surface area contributed by atoms with E-state index in [1.54, 1.807) is 24.3 Å². The number of amides is 1. The largest absolute Gasteiger partial charge is 0.508 e. The van der Waals surface area contributed by atoms with Crippen molar-refractivity contribution < 1.29 is 9.90 Å². The number of nitrogens with one attached hydrogen (secondary N) is 2. The molecule has 0 saturated carbocycles. The highest BCUT2D eigenvalue weighted by molar-refractivity contribution is 5.87. The number of allylic oxidation sites excluding steroid dienone is 1. The lowest BCUT2D eigenvalue weighted by atomic mass is 9.91. The van der Waals surface area contributed by atoms with Gasteiger partial charge < -0.3 is 5.11 Å². The monoisotopic (exact) mass is 358 g/mol. The first-order valence-corrected chi connectivity index (χ1v) is 8.80. The van der Waals surface area contributed by atoms with Gasteiger partial charge >= 0.3 is 0 Å². The average molecular weight is 358 g/mol. The van der Waals surface area contributed by atoms with Gasteiger partial charge in [0.25, 0.3) is 0 Å². The Morgan fingerprint density at radius 3 is 1.81 bits per heavy atom. The van der Waals surface area contributed by atoms with Gasteiger partial charge in [0.2, 0.25) is 5.91 Å². The molecule has 0 aromatic heterocycles. The third-order valence-electron chi connectivity index (χ3n) is 4.32. The van der Waals surface area contributed by atoms with Crippen molar-refractivity contribution in [1.82, 2.24) is 10.9 Å². The third kappa shape index (κ3) is 4.55. The minimum atomic E-state index is -0.419.